The van der Waals surface area contributed by atoms with E-state index in [0.717, 1.165) is 41.5 Å². The van der Waals surface area contributed by atoms with Crippen molar-refractivity contribution in [1.82, 2.24) is 9.38 Å². The van der Waals surface area contributed by atoms with E-state index < -0.39 is 0 Å². The topological polar surface area (TPSA) is 55.6 Å². The Labute approximate surface area is 137 Å². The molecule has 0 aliphatic carbocycles. The minimum atomic E-state index is -0.0274. The fraction of sp³-hybridized carbons (Fsp3) is 0.294. The Morgan fingerprint density at radius 3 is 3.13 bits per heavy atom. The summed E-state index contributed by atoms with van der Waals surface area (Å²) in [6.07, 6.45) is 4.34. The predicted molar refractivity (Wildman–Crippen MR) is 90.7 cm³/mol. The normalized spacial score (nSPS) is 17.7. The fourth-order valence-corrected chi connectivity index (χ4v) is 3.61. The number of amides is 1. The van der Waals surface area contributed by atoms with Crippen molar-refractivity contribution in [3.63, 3.8) is 0 Å². The average molecular weight is 327 g/mol. The van der Waals surface area contributed by atoms with Crippen LogP contribution < -0.4 is 5.32 Å². The lowest BCUT2D eigenvalue weighted by molar-refractivity contribution is -0.118. The maximum absolute atomic E-state index is 12.4. The monoisotopic (exact) mass is 327 g/mol. The van der Waals surface area contributed by atoms with Crippen molar-refractivity contribution in [3.8, 4) is 10.6 Å². The van der Waals surface area contributed by atoms with Gasteiger partial charge in [0.1, 0.15) is 17.2 Å². The lowest BCUT2D eigenvalue weighted by Gasteiger charge is -2.10. The number of fused-ring (bicyclic) bond motifs is 1. The van der Waals surface area contributed by atoms with E-state index in [0.29, 0.717) is 6.42 Å². The van der Waals surface area contributed by atoms with Crippen molar-refractivity contribution in [2.75, 3.05) is 11.9 Å². The Kier molecular flexibility index (Phi) is 3.85. The summed E-state index contributed by atoms with van der Waals surface area (Å²) in [5, 5.41) is 5.05. The van der Waals surface area contributed by atoms with Gasteiger partial charge in [0.05, 0.1) is 17.4 Å². The SMILES string of the molecule is O=C(CC1CCCO1)Nc1c(-c2cccs2)nc2ccccn12. The first-order valence-corrected chi connectivity index (χ1v) is 8.61. The van der Waals surface area contributed by atoms with Crippen molar-refractivity contribution >= 4 is 28.7 Å². The van der Waals surface area contributed by atoms with Crippen LogP contribution in [0.1, 0.15) is 19.3 Å². The summed E-state index contributed by atoms with van der Waals surface area (Å²) in [4.78, 5) is 18.1. The number of nitrogens with one attached hydrogen (secondary N) is 1. The number of ether oxygens (including phenoxy) is 1. The molecule has 3 aromatic heterocycles. The number of thiophene rings is 1. The van der Waals surface area contributed by atoms with Crippen LogP contribution >= 0.6 is 11.3 Å². The molecule has 1 aliphatic rings. The molecule has 0 radical (unpaired) electrons. The molecule has 4 rings (SSSR count). The molecule has 3 aromatic rings. The lowest BCUT2D eigenvalue weighted by Crippen LogP contribution is -2.20. The summed E-state index contributed by atoms with van der Waals surface area (Å²) in [6.45, 7) is 0.758. The second-order valence-corrected chi connectivity index (χ2v) is 6.55. The van der Waals surface area contributed by atoms with Crippen molar-refractivity contribution in [2.45, 2.75) is 25.4 Å². The first-order valence-electron chi connectivity index (χ1n) is 7.74. The number of hydrogen-bond donors (Lipinski definition) is 1. The molecule has 23 heavy (non-hydrogen) atoms. The molecule has 1 saturated heterocycles. The zero-order valence-corrected chi connectivity index (χ0v) is 13.4. The molecule has 0 bridgehead atoms. The molecule has 1 N–H and O–H groups in total. The van der Waals surface area contributed by atoms with Gasteiger partial charge >= 0.3 is 0 Å². The minimum absolute atomic E-state index is 0.0274. The highest BCUT2D eigenvalue weighted by atomic mass is 32.1. The Balaban J connectivity index is 1.67. The fourth-order valence-electron chi connectivity index (χ4n) is 2.90. The second kappa shape index (κ2) is 6.14. The van der Waals surface area contributed by atoms with Crippen LogP contribution in [0.15, 0.2) is 41.9 Å². The molecule has 5 nitrogen and oxygen atoms in total. The average Bonchev–Trinajstić information content (AvgIpc) is 3.28. The third-order valence-corrected chi connectivity index (χ3v) is 4.86. The molecule has 1 atom stereocenters. The minimum Gasteiger partial charge on any atom is -0.378 e. The van der Waals surface area contributed by atoms with E-state index >= 15 is 0 Å². The van der Waals surface area contributed by atoms with Crippen LogP contribution in [0.2, 0.25) is 0 Å². The maximum Gasteiger partial charge on any atom is 0.228 e. The van der Waals surface area contributed by atoms with Crippen molar-refractivity contribution in [1.29, 1.82) is 0 Å². The second-order valence-electron chi connectivity index (χ2n) is 5.60. The maximum atomic E-state index is 12.4. The molecule has 4 heterocycles. The first-order chi connectivity index (χ1) is 11.3. The van der Waals surface area contributed by atoms with Gasteiger partial charge in [0.2, 0.25) is 5.91 Å². The molecular weight excluding hydrogens is 310 g/mol. The van der Waals surface area contributed by atoms with Gasteiger partial charge in [-0.05, 0) is 36.4 Å². The summed E-state index contributed by atoms with van der Waals surface area (Å²) >= 11 is 1.61. The van der Waals surface area contributed by atoms with Gasteiger partial charge in [0.15, 0.2) is 0 Å². The molecule has 1 fully saturated rings. The summed E-state index contributed by atoms with van der Waals surface area (Å²) in [7, 11) is 0. The standard InChI is InChI=1S/C17H17N3O2S/c21-15(11-12-5-3-9-22-12)19-17-16(13-6-4-10-23-13)18-14-7-1-2-8-20(14)17/h1-2,4,6-8,10,12H,3,5,9,11H2,(H,19,21). The number of carbonyl (C=O) groups excluding carboxylic acids is 1. The van der Waals surface area contributed by atoms with Gasteiger partial charge in [-0.15, -0.1) is 11.3 Å². The van der Waals surface area contributed by atoms with E-state index in [1.54, 1.807) is 11.3 Å². The molecular formula is C17H17N3O2S. The van der Waals surface area contributed by atoms with Gasteiger partial charge in [0, 0.05) is 12.8 Å². The van der Waals surface area contributed by atoms with Gasteiger partial charge < -0.3 is 10.1 Å². The van der Waals surface area contributed by atoms with Crippen LogP contribution in [-0.2, 0) is 9.53 Å². The van der Waals surface area contributed by atoms with E-state index in [-0.39, 0.29) is 12.0 Å². The first kappa shape index (κ1) is 14.4. The third-order valence-electron chi connectivity index (χ3n) is 3.98. The highest BCUT2D eigenvalue weighted by molar-refractivity contribution is 7.13. The molecule has 118 valence electrons. The number of hydrogen-bond acceptors (Lipinski definition) is 4. The van der Waals surface area contributed by atoms with Crippen LogP contribution in [0.4, 0.5) is 5.82 Å². The smallest absolute Gasteiger partial charge is 0.228 e. The van der Waals surface area contributed by atoms with E-state index in [4.69, 9.17) is 4.74 Å². The summed E-state index contributed by atoms with van der Waals surface area (Å²) in [6, 6.07) is 9.82. The predicted octanol–water partition coefficient (Wildman–Crippen LogP) is 3.57. The van der Waals surface area contributed by atoms with E-state index in [1.165, 1.54) is 0 Å². The molecule has 0 spiro atoms. The zero-order valence-electron chi connectivity index (χ0n) is 12.6. The van der Waals surface area contributed by atoms with Crippen LogP contribution in [-0.4, -0.2) is 28.0 Å². The number of imidazole rings is 1. The molecule has 1 unspecified atom stereocenters. The van der Waals surface area contributed by atoms with Crippen LogP contribution in [0.25, 0.3) is 16.2 Å². The van der Waals surface area contributed by atoms with E-state index in [1.807, 2.05) is 46.3 Å². The van der Waals surface area contributed by atoms with E-state index in [9.17, 15) is 4.79 Å². The Morgan fingerprint density at radius 2 is 2.35 bits per heavy atom. The number of carbonyl (C=O) groups is 1. The van der Waals surface area contributed by atoms with Crippen LogP contribution in [0.5, 0.6) is 0 Å². The summed E-state index contributed by atoms with van der Waals surface area (Å²) in [5.74, 6) is 0.700. The van der Waals surface area contributed by atoms with Gasteiger partial charge in [0.25, 0.3) is 0 Å². The summed E-state index contributed by atoms with van der Waals surface area (Å²) in [5.41, 5.74) is 1.63. The molecule has 1 amide bonds. The van der Waals surface area contributed by atoms with Gasteiger partial charge in [-0.3, -0.25) is 9.20 Å². The van der Waals surface area contributed by atoms with Gasteiger partial charge in [-0.2, -0.15) is 0 Å². The van der Waals surface area contributed by atoms with Crippen LogP contribution in [0.3, 0.4) is 0 Å². The Hall–Kier alpha value is -2.18. The molecule has 0 aromatic carbocycles. The number of aromatic nitrogens is 2. The molecule has 0 saturated carbocycles. The van der Waals surface area contributed by atoms with E-state index in [2.05, 4.69) is 10.3 Å². The number of pyridine rings is 1. The number of rotatable bonds is 4. The van der Waals surface area contributed by atoms with Crippen molar-refractivity contribution in [2.24, 2.45) is 0 Å². The third kappa shape index (κ3) is 2.87. The number of anilines is 1. The largest absolute Gasteiger partial charge is 0.378 e. The highest BCUT2D eigenvalue weighted by Gasteiger charge is 2.22. The summed E-state index contributed by atoms with van der Waals surface area (Å²) < 4.78 is 7.47. The molecule has 6 heteroatoms. The zero-order chi connectivity index (χ0) is 15.6. The quantitative estimate of drug-likeness (QED) is 0.797. The lowest BCUT2D eigenvalue weighted by atomic mass is 10.2. The van der Waals surface area contributed by atoms with Crippen molar-refractivity contribution in [3.05, 3.63) is 41.9 Å². The Bertz CT molecular complexity index is 820. The van der Waals surface area contributed by atoms with Gasteiger partial charge in [-0.25, -0.2) is 4.98 Å². The van der Waals surface area contributed by atoms with Crippen LogP contribution in [0, 0.1) is 0 Å². The Morgan fingerprint density at radius 1 is 1.39 bits per heavy atom. The van der Waals surface area contributed by atoms with Gasteiger partial charge in [-0.1, -0.05) is 12.1 Å². The highest BCUT2D eigenvalue weighted by Crippen LogP contribution is 2.32. The number of nitrogens with zero attached hydrogens (tertiary/aromatic N) is 2. The van der Waals surface area contributed by atoms with Crippen molar-refractivity contribution < 1.29 is 9.53 Å². The molecule has 1 aliphatic heterocycles.